The second-order valence-electron chi connectivity index (χ2n) is 3.74. The minimum atomic E-state index is -0.0191. The maximum atomic E-state index is 11.3. The van der Waals surface area contributed by atoms with Gasteiger partial charge in [-0.15, -0.1) is 0 Å². The summed E-state index contributed by atoms with van der Waals surface area (Å²) in [5.41, 5.74) is -0.0191. The number of carbonyl (C=O) groups excluding carboxylic acids is 1. The van der Waals surface area contributed by atoms with Gasteiger partial charge in [0.2, 0.25) is 5.91 Å². The molecule has 1 heterocycles. The van der Waals surface area contributed by atoms with Crippen molar-refractivity contribution in [3.8, 4) is 0 Å². The summed E-state index contributed by atoms with van der Waals surface area (Å²) in [6.45, 7) is 7.29. The maximum absolute atomic E-state index is 11.3. The minimum Gasteiger partial charge on any atom is -0.354 e. The van der Waals surface area contributed by atoms with Crippen LogP contribution in [0.2, 0.25) is 0 Å². The highest BCUT2D eigenvalue weighted by Gasteiger charge is 2.47. The highest BCUT2D eigenvalue weighted by Crippen LogP contribution is 2.37. The zero-order valence-corrected chi connectivity index (χ0v) is 7.61. The Kier molecular flexibility index (Phi) is 2.21. The van der Waals surface area contributed by atoms with E-state index in [-0.39, 0.29) is 11.3 Å². The highest BCUT2D eigenvalue weighted by atomic mass is 16.2. The summed E-state index contributed by atoms with van der Waals surface area (Å²) in [6, 6.07) is 0. The molecule has 1 aliphatic heterocycles. The summed E-state index contributed by atoms with van der Waals surface area (Å²) in [5, 5.41) is 2.83. The molecule has 2 nitrogen and oxygen atoms in total. The van der Waals surface area contributed by atoms with Crippen LogP contribution >= 0.6 is 0 Å². The topological polar surface area (TPSA) is 29.1 Å². The summed E-state index contributed by atoms with van der Waals surface area (Å²) in [7, 11) is 0. The molecule has 1 N–H and O–H groups in total. The number of β-lactam (4-membered cyclic amide) rings is 1. The smallest absolute Gasteiger partial charge is 0.228 e. The zero-order valence-electron chi connectivity index (χ0n) is 7.61. The zero-order chi connectivity index (χ0) is 8.48. The molecule has 2 heteroatoms. The van der Waals surface area contributed by atoms with Gasteiger partial charge in [-0.25, -0.2) is 0 Å². The van der Waals surface area contributed by atoms with Crippen molar-refractivity contribution in [2.75, 3.05) is 6.54 Å². The van der Waals surface area contributed by atoms with Crippen molar-refractivity contribution in [2.45, 2.75) is 33.6 Å². The molecule has 0 unspecified atom stereocenters. The molecule has 1 amide bonds. The first-order valence-corrected chi connectivity index (χ1v) is 4.42. The van der Waals surface area contributed by atoms with Crippen LogP contribution in [0.4, 0.5) is 0 Å². The number of carbonyl (C=O) groups is 1. The first-order chi connectivity index (χ1) is 5.13. The van der Waals surface area contributed by atoms with Crippen LogP contribution in [0.15, 0.2) is 0 Å². The predicted octanol–water partition coefficient (Wildman–Crippen LogP) is 1.56. The van der Waals surface area contributed by atoms with E-state index in [1.54, 1.807) is 0 Å². The minimum absolute atomic E-state index is 0.0191. The van der Waals surface area contributed by atoms with Crippen LogP contribution in [0.3, 0.4) is 0 Å². The molecule has 0 radical (unpaired) electrons. The van der Waals surface area contributed by atoms with Crippen molar-refractivity contribution < 1.29 is 4.79 Å². The van der Waals surface area contributed by atoms with Crippen molar-refractivity contribution in [3.63, 3.8) is 0 Å². The van der Waals surface area contributed by atoms with Gasteiger partial charge in [0.1, 0.15) is 0 Å². The first-order valence-electron chi connectivity index (χ1n) is 4.42. The van der Waals surface area contributed by atoms with E-state index in [9.17, 15) is 4.79 Å². The van der Waals surface area contributed by atoms with Crippen LogP contribution in [-0.2, 0) is 4.79 Å². The highest BCUT2D eigenvalue weighted by molar-refractivity contribution is 5.88. The molecule has 0 bridgehead atoms. The second kappa shape index (κ2) is 2.84. The molecular formula is C9H17NO. The van der Waals surface area contributed by atoms with Crippen molar-refractivity contribution in [3.05, 3.63) is 0 Å². The Bertz CT molecular complexity index is 165. The van der Waals surface area contributed by atoms with Gasteiger partial charge in [0.05, 0.1) is 5.41 Å². The van der Waals surface area contributed by atoms with Crippen LogP contribution in [-0.4, -0.2) is 12.5 Å². The SMILES string of the molecule is CCC[C@@]1(C(C)C)CNC1=O. The third-order valence-electron chi connectivity index (χ3n) is 2.82. The number of nitrogens with one attached hydrogen (secondary N) is 1. The standard InChI is InChI=1S/C9H17NO/c1-4-5-9(7(2)3)6-10-8(9)11/h7H,4-6H2,1-3H3,(H,10,11)/t9-/m0/s1. The molecule has 1 saturated heterocycles. The monoisotopic (exact) mass is 155 g/mol. The van der Waals surface area contributed by atoms with E-state index in [4.69, 9.17) is 0 Å². The Morgan fingerprint density at radius 2 is 2.27 bits per heavy atom. The number of rotatable bonds is 3. The Labute approximate surface area is 68.4 Å². The molecule has 0 aliphatic carbocycles. The Balaban J connectivity index is 2.64. The molecule has 1 atom stereocenters. The fourth-order valence-electron chi connectivity index (χ4n) is 1.79. The van der Waals surface area contributed by atoms with E-state index in [2.05, 4.69) is 26.1 Å². The third kappa shape index (κ3) is 1.15. The Morgan fingerprint density at radius 3 is 2.36 bits per heavy atom. The number of hydrogen-bond donors (Lipinski definition) is 1. The van der Waals surface area contributed by atoms with Gasteiger partial charge < -0.3 is 5.32 Å². The molecular weight excluding hydrogens is 138 g/mol. The van der Waals surface area contributed by atoms with Gasteiger partial charge in [-0.3, -0.25) is 4.79 Å². The summed E-state index contributed by atoms with van der Waals surface area (Å²) >= 11 is 0. The van der Waals surface area contributed by atoms with Crippen molar-refractivity contribution in [1.29, 1.82) is 0 Å². The summed E-state index contributed by atoms with van der Waals surface area (Å²) in [6.07, 6.45) is 2.14. The lowest BCUT2D eigenvalue weighted by atomic mass is 9.68. The predicted molar refractivity (Wildman–Crippen MR) is 45.2 cm³/mol. The second-order valence-corrected chi connectivity index (χ2v) is 3.74. The van der Waals surface area contributed by atoms with Crippen molar-refractivity contribution in [2.24, 2.45) is 11.3 Å². The lowest BCUT2D eigenvalue weighted by Gasteiger charge is -2.44. The fraction of sp³-hybridized carbons (Fsp3) is 0.889. The molecule has 1 rings (SSSR count). The van der Waals surface area contributed by atoms with Crippen molar-refractivity contribution in [1.82, 2.24) is 5.32 Å². The summed E-state index contributed by atoms with van der Waals surface area (Å²) in [4.78, 5) is 11.3. The van der Waals surface area contributed by atoms with Crippen LogP contribution in [0, 0.1) is 11.3 Å². The molecule has 0 saturated carbocycles. The third-order valence-corrected chi connectivity index (χ3v) is 2.82. The van der Waals surface area contributed by atoms with E-state index >= 15 is 0 Å². The average Bonchev–Trinajstić information content (AvgIpc) is 1.96. The van der Waals surface area contributed by atoms with E-state index in [1.807, 2.05) is 0 Å². The number of amides is 1. The van der Waals surface area contributed by atoms with Crippen molar-refractivity contribution >= 4 is 5.91 Å². The van der Waals surface area contributed by atoms with Crippen LogP contribution in [0.25, 0.3) is 0 Å². The fourth-order valence-corrected chi connectivity index (χ4v) is 1.79. The van der Waals surface area contributed by atoms with Gasteiger partial charge in [0, 0.05) is 6.54 Å². The van der Waals surface area contributed by atoms with Gasteiger partial charge in [0.25, 0.3) is 0 Å². The van der Waals surface area contributed by atoms with Crippen LogP contribution in [0.1, 0.15) is 33.6 Å². The van der Waals surface area contributed by atoms with E-state index in [0.717, 1.165) is 19.4 Å². The molecule has 1 fully saturated rings. The molecule has 1 aliphatic rings. The van der Waals surface area contributed by atoms with Gasteiger partial charge in [-0.1, -0.05) is 27.2 Å². The van der Waals surface area contributed by atoms with Crippen LogP contribution in [0.5, 0.6) is 0 Å². The quantitative estimate of drug-likeness (QED) is 0.616. The maximum Gasteiger partial charge on any atom is 0.228 e. The Morgan fingerprint density at radius 1 is 1.64 bits per heavy atom. The number of hydrogen-bond acceptors (Lipinski definition) is 1. The largest absolute Gasteiger partial charge is 0.354 e. The van der Waals surface area contributed by atoms with E-state index in [0.29, 0.717) is 5.92 Å². The summed E-state index contributed by atoms with van der Waals surface area (Å²) < 4.78 is 0. The molecule has 0 aromatic carbocycles. The van der Waals surface area contributed by atoms with Gasteiger partial charge in [-0.05, 0) is 12.3 Å². The van der Waals surface area contributed by atoms with Gasteiger partial charge in [0.15, 0.2) is 0 Å². The van der Waals surface area contributed by atoms with Gasteiger partial charge in [-0.2, -0.15) is 0 Å². The summed E-state index contributed by atoms with van der Waals surface area (Å²) in [5.74, 6) is 0.741. The Hall–Kier alpha value is -0.530. The lowest BCUT2D eigenvalue weighted by Crippen LogP contribution is -2.61. The normalized spacial score (nSPS) is 30.0. The lowest BCUT2D eigenvalue weighted by molar-refractivity contribution is -0.144. The van der Waals surface area contributed by atoms with E-state index < -0.39 is 0 Å². The van der Waals surface area contributed by atoms with Gasteiger partial charge >= 0.3 is 0 Å². The molecule has 0 spiro atoms. The van der Waals surface area contributed by atoms with Crippen LogP contribution < -0.4 is 5.32 Å². The van der Waals surface area contributed by atoms with E-state index in [1.165, 1.54) is 0 Å². The molecule has 0 aromatic heterocycles. The average molecular weight is 155 g/mol. The molecule has 64 valence electrons. The molecule has 0 aromatic rings. The molecule has 11 heavy (non-hydrogen) atoms. The first kappa shape index (κ1) is 8.57.